The van der Waals surface area contributed by atoms with E-state index < -0.39 is 0 Å². The average molecular weight is 297 g/mol. The minimum absolute atomic E-state index is 0.247. The molecule has 3 N–H and O–H groups in total. The number of benzene rings is 1. The van der Waals surface area contributed by atoms with E-state index in [0.29, 0.717) is 18.1 Å². The van der Waals surface area contributed by atoms with Crippen LogP contribution in [0.5, 0.6) is 5.75 Å². The Morgan fingerprint density at radius 2 is 2.05 bits per heavy atom. The van der Waals surface area contributed by atoms with E-state index in [9.17, 15) is 4.79 Å². The molecule has 0 aliphatic heterocycles. The van der Waals surface area contributed by atoms with Gasteiger partial charge < -0.3 is 15.8 Å². The third-order valence-electron chi connectivity index (χ3n) is 2.82. The van der Waals surface area contributed by atoms with E-state index in [1.165, 1.54) is 12.3 Å². The molecule has 0 unspecified atom stereocenters. The van der Waals surface area contributed by atoms with Gasteiger partial charge in [-0.25, -0.2) is 4.98 Å². The predicted octanol–water partition coefficient (Wildman–Crippen LogP) is 3.10. The van der Waals surface area contributed by atoms with E-state index in [4.69, 9.17) is 10.5 Å². The average Bonchev–Trinajstić information content (AvgIpc) is 2.54. The molecule has 0 bridgehead atoms. The van der Waals surface area contributed by atoms with Crippen LogP contribution in [0.4, 0.5) is 11.5 Å². The number of nitrogens with zero attached hydrogens (tertiary/aromatic N) is 1. The van der Waals surface area contributed by atoms with Crippen molar-refractivity contribution in [2.45, 2.75) is 13.3 Å². The summed E-state index contributed by atoms with van der Waals surface area (Å²) in [5.41, 5.74) is 7.01. The van der Waals surface area contributed by atoms with Gasteiger partial charge in [-0.15, -0.1) is 0 Å². The second-order valence-electron chi connectivity index (χ2n) is 4.72. The van der Waals surface area contributed by atoms with Crippen LogP contribution in [0, 0.1) is 0 Å². The Morgan fingerprint density at radius 3 is 2.68 bits per heavy atom. The van der Waals surface area contributed by atoms with Crippen LogP contribution in [-0.4, -0.2) is 17.5 Å². The molecule has 0 radical (unpaired) electrons. The summed E-state index contributed by atoms with van der Waals surface area (Å²) in [4.78, 5) is 15.8. The topological polar surface area (TPSA) is 77.2 Å². The molecule has 0 saturated heterocycles. The van der Waals surface area contributed by atoms with Crippen LogP contribution in [-0.2, 0) is 4.79 Å². The zero-order chi connectivity index (χ0) is 15.8. The van der Waals surface area contributed by atoms with Crippen LogP contribution < -0.4 is 15.8 Å². The molecule has 1 aromatic heterocycles. The van der Waals surface area contributed by atoms with Crippen LogP contribution >= 0.6 is 0 Å². The third kappa shape index (κ3) is 4.94. The zero-order valence-electron chi connectivity index (χ0n) is 12.5. The first-order chi connectivity index (χ1) is 10.7. The van der Waals surface area contributed by atoms with Crippen molar-refractivity contribution in [3.05, 3.63) is 54.2 Å². The Hall–Kier alpha value is -2.82. The fourth-order valence-corrected chi connectivity index (χ4v) is 1.71. The van der Waals surface area contributed by atoms with E-state index in [1.807, 2.05) is 24.3 Å². The number of nitrogens with two attached hydrogens (primary N) is 1. The number of hydrogen-bond acceptors (Lipinski definition) is 4. The minimum atomic E-state index is -0.247. The van der Waals surface area contributed by atoms with Crippen molar-refractivity contribution in [3.8, 4) is 5.75 Å². The van der Waals surface area contributed by atoms with E-state index >= 15 is 0 Å². The fourth-order valence-electron chi connectivity index (χ4n) is 1.71. The number of ether oxygens (including phenoxy) is 1. The molecule has 0 atom stereocenters. The first-order valence-corrected chi connectivity index (χ1v) is 7.11. The van der Waals surface area contributed by atoms with Gasteiger partial charge in [0.2, 0.25) is 5.91 Å². The Morgan fingerprint density at radius 1 is 1.27 bits per heavy atom. The van der Waals surface area contributed by atoms with Gasteiger partial charge in [0.25, 0.3) is 0 Å². The summed E-state index contributed by atoms with van der Waals surface area (Å²) in [7, 11) is 0. The summed E-state index contributed by atoms with van der Waals surface area (Å²) in [6.45, 7) is 2.76. The number of pyridine rings is 1. The molecular formula is C17H19N3O2. The molecule has 5 heteroatoms. The summed E-state index contributed by atoms with van der Waals surface area (Å²) in [6, 6.07) is 10.9. The number of hydrogen-bond donors (Lipinski definition) is 2. The Kier molecular flexibility index (Phi) is 5.54. The van der Waals surface area contributed by atoms with Gasteiger partial charge in [-0.05, 0) is 42.3 Å². The van der Waals surface area contributed by atoms with Gasteiger partial charge in [-0.2, -0.15) is 0 Å². The highest BCUT2D eigenvalue weighted by Gasteiger charge is 1.99. The van der Waals surface area contributed by atoms with E-state index in [2.05, 4.69) is 17.2 Å². The molecule has 0 aliphatic rings. The van der Waals surface area contributed by atoms with Crippen LogP contribution in [0.15, 0.2) is 48.7 Å². The zero-order valence-corrected chi connectivity index (χ0v) is 12.5. The molecule has 0 aliphatic carbocycles. The second-order valence-corrected chi connectivity index (χ2v) is 4.72. The van der Waals surface area contributed by atoms with Crippen LogP contribution in [0.3, 0.4) is 0 Å². The molecule has 22 heavy (non-hydrogen) atoms. The van der Waals surface area contributed by atoms with Gasteiger partial charge in [0.15, 0.2) is 0 Å². The predicted molar refractivity (Wildman–Crippen MR) is 88.5 cm³/mol. The Bertz CT molecular complexity index is 634. The number of nitrogens with one attached hydrogen (secondary N) is 1. The summed E-state index contributed by atoms with van der Waals surface area (Å²) in [5.74, 6) is 1.05. The molecule has 1 heterocycles. The number of anilines is 2. The van der Waals surface area contributed by atoms with E-state index in [-0.39, 0.29) is 5.91 Å². The lowest BCUT2D eigenvalue weighted by atomic mass is 10.2. The SMILES string of the molecule is CCCOc1ccc(/C=C/C(=O)Nc2ccc(N)cn2)cc1. The van der Waals surface area contributed by atoms with Crippen molar-refractivity contribution in [1.82, 2.24) is 4.98 Å². The standard InChI is InChI=1S/C17H19N3O2/c1-2-11-22-15-7-3-13(4-8-15)5-10-17(21)20-16-9-6-14(18)12-19-16/h3-10,12H,2,11,18H2,1H3,(H,19,20,21)/b10-5+. The van der Waals surface area contributed by atoms with Crippen molar-refractivity contribution in [1.29, 1.82) is 0 Å². The van der Waals surface area contributed by atoms with Gasteiger partial charge in [-0.1, -0.05) is 19.1 Å². The molecular weight excluding hydrogens is 278 g/mol. The second kappa shape index (κ2) is 7.83. The van der Waals surface area contributed by atoms with Crippen molar-refractivity contribution >= 4 is 23.5 Å². The van der Waals surface area contributed by atoms with Gasteiger partial charge in [0.05, 0.1) is 18.5 Å². The minimum Gasteiger partial charge on any atom is -0.494 e. The van der Waals surface area contributed by atoms with Gasteiger partial charge in [0, 0.05) is 6.08 Å². The van der Waals surface area contributed by atoms with Crippen molar-refractivity contribution in [3.63, 3.8) is 0 Å². The van der Waals surface area contributed by atoms with Crippen LogP contribution in [0.25, 0.3) is 6.08 Å². The molecule has 5 nitrogen and oxygen atoms in total. The first-order valence-electron chi connectivity index (χ1n) is 7.11. The van der Waals surface area contributed by atoms with Crippen molar-refractivity contribution in [2.75, 3.05) is 17.7 Å². The monoisotopic (exact) mass is 297 g/mol. The van der Waals surface area contributed by atoms with Crippen molar-refractivity contribution < 1.29 is 9.53 Å². The van der Waals surface area contributed by atoms with Gasteiger partial charge in [0.1, 0.15) is 11.6 Å². The molecule has 2 rings (SSSR count). The molecule has 2 aromatic rings. The Labute approximate surface area is 129 Å². The largest absolute Gasteiger partial charge is 0.494 e. The van der Waals surface area contributed by atoms with Gasteiger partial charge in [-0.3, -0.25) is 4.79 Å². The first kappa shape index (κ1) is 15.6. The number of carbonyl (C=O) groups is 1. The maximum Gasteiger partial charge on any atom is 0.249 e. The number of amides is 1. The van der Waals surface area contributed by atoms with E-state index in [1.54, 1.807) is 18.2 Å². The van der Waals surface area contributed by atoms with E-state index in [0.717, 1.165) is 17.7 Å². The molecule has 0 fully saturated rings. The maximum atomic E-state index is 11.8. The summed E-state index contributed by atoms with van der Waals surface area (Å²) >= 11 is 0. The summed E-state index contributed by atoms with van der Waals surface area (Å²) in [5, 5.41) is 2.66. The molecule has 1 amide bonds. The maximum absolute atomic E-state index is 11.8. The van der Waals surface area contributed by atoms with Crippen LogP contribution in [0.2, 0.25) is 0 Å². The summed E-state index contributed by atoms with van der Waals surface area (Å²) < 4.78 is 5.50. The summed E-state index contributed by atoms with van der Waals surface area (Å²) in [6.07, 6.45) is 5.66. The Balaban J connectivity index is 1.90. The number of carbonyl (C=O) groups excluding carboxylic acids is 1. The molecule has 0 spiro atoms. The molecule has 114 valence electrons. The van der Waals surface area contributed by atoms with Gasteiger partial charge >= 0.3 is 0 Å². The molecule has 0 saturated carbocycles. The highest BCUT2D eigenvalue weighted by Crippen LogP contribution is 2.13. The van der Waals surface area contributed by atoms with Crippen molar-refractivity contribution in [2.24, 2.45) is 0 Å². The quantitative estimate of drug-likeness (QED) is 0.803. The van der Waals surface area contributed by atoms with Crippen LogP contribution in [0.1, 0.15) is 18.9 Å². The highest BCUT2D eigenvalue weighted by atomic mass is 16.5. The lowest BCUT2D eigenvalue weighted by Crippen LogP contribution is -2.09. The number of aromatic nitrogens is 1. The lowest BCUT2D eigenvalue weighted by molar-refractivity contribution is -0.111. The number of nitrogen functional groups attached to an aromatic ring is 1. The lowest BCUT2D eigenvalue weighted by Gasteiger charge is -2.04. The highest BCUT2D eigenvalue weighted by molar-refractivity contribution is 6.01. The smallest absolute Gasteiger partial charge is 0.249 e. The normalized spacial score (nSPS) is 10.6. The fraction of sp³-hybridized carbons (Fsp3) is 0.176. The number of rotatable bonds is 6. The third-order valence-corrected chi connectivity index (χ3v) is 2.82. The molecule has 1 aromatic carbocycles.